The van der Waals surface area contributed by atoms with Crippen LogP contribution in [-0.2, 0) is 12.8 Å². The van der Waals surface area contributed by atoms with Crippen LogP contribution in [0.4, 0.5) is 5.69 Å². The van der Waals surface area contributed by atoms with Gasteiger partial charge in [0.15, 0.2) is 0 Å². The Morgan fingerprint density at radius 2 is 2.06 bits per heavy atom. The zero-order valence-corrected chi connectivity index (χ0v) is 9.85. The minimum Gasteiger partial charge on any atom is -0.324 e. The molecule has 0 radical (unpaired) electrons. The second-order valence-electron chi connectivity index (χ2n) is 3.87. The predicted molar refractivity (Wildman–Crippen MR) is 68.5 cm³/mol. The normalized spacial score (nSPS) is 10.2. The van der Waals surface area contributed by atoms with Crippen molar-refractivity contribution in [1.82, 2.24) is 9.97 Å². The van der Waals surface area contributed by atoms with E-state index in [1.54, 1.807) is 6.20 Å². The molecule has 0 amide bonds. The number of nitrogens with two attached hydrogens (primary N) is 1. The van der Waals surface area contributed by atoms with E-state index in [2.05, 4.69) is 28.4 Å². The fraction of sp³-hybridized carbons (Fsp3) is 0.231. The Kier molecular flexibility index (Phi) is 3.67. The maximum Gasteiger partial charge on any atom is 0.0518 e. The molecule has 0 aliphatic rings. The molecule has 3 N–H and O–H groups in total. The Morgan fingerprint density at radius 1 is 1.18 bits per heavy atom. The van der Waals surface area contributed by atoms with E-state index in [4.69, 9.17) is 5.84 Å². The summed E-state index contributed by atoms with van der Waals surface area (Å²) >= 11 is 0. The molecule has 0 saturated carbocycles. The molecule has 88 valence electrons. The largest absolute Gasteiger partial charge is 0.324 e. The number of aryl methyl sites for hydroxylation is 1. The number of anilines is 1. The van der Waals surface area contributed by atoms with Crippen LogP contribution in [0.2, 0.25) is 0 Å². The van der Waals surface area contributed by atoms with Gasteiger partial charge in [-0.25, -0.2) is 0 Å². The van der Waals surface area contributed by atoms with Gasteiger partial charge in [0, 0.05) is 30.2 Å². The minimum atomic E-state index is 0.722. The summed E-state index contributed by atoms with van der Waals surface area (Å²) in [5, 5.41) is 0. The molecule has 2 rings (SSSR count). The van der Waals surface area contributed by atoms with E-state index in [1.165, 1.54) is 5.56 Å². The second-order valence-corrected chi connectivity index (χ2v) is 3.87. The van der Waals surface area contributed by atoms with Crippen molar-refractivity contribution in [2.75, 3.05) is 5.43 Å². The SMILES string of the molecule is CCc1ccc(Cc2cc(NN)ccn2)nc1. The van der Waals surface area contributed by atoms with E-state index < -0.39 is 0 Å². The van der Waals surface area contributed by atoms with Gasteiger partial charge in [0.25, 0.3) is 0 Å². The van der Waals surface area contributed by atoms with E-state index in [1.807, 2.05) is 24.4 Å². The van der Waals surface area contributed by atoms with Gasteiger partial charge in [-0.15, -0.1) is 0 Å². The summed E-state index contributed by atoms with van der Waals surface area (Å²) in [6.45, 7) is 2.12. The zero-order chi connectivity index (χ0) is 12.1. The van der Waals surface area contributed by atoms with E-state index >= 15 is 0 Å². The van der Waals surface area contributed by atoms with E-state index in [9.17, 15) is 0 Å². The van der Waals surface area contributed by atoms with Crippen molar-refractivity contribution in [2.24, 2.45) is 5.84 Å². The monoisotopic (exact) mass is 228 g/mol. The third-order valence-corrected chi connectivity index (χ3v) is 2.64. The first-order chi connectivity index (χ1) is 8.31. The molecule has 0 bridgehead atoms. The number of pyridine rings is 2. The van der Waals surface area contributed by atoms with Gasteiger partial charge in [0.1, 0.15) is 0 Å². The molecule has 0 atom stereocenters. The Bertz CT molecular complexity index is 479. The van der Waals surface area contributed by atoms with Crippen molar-refractivity contribution in [1.29, 1.82) is 0 Å². The highest BCUT2D eigenvalue weighted by atomic mass is 15.2. The molecule has 4 nitrogen and oxygen atoms in total. The topological polar surface area (TPSA) is 63.8 Å². The minimum absolute atomic E-state index is 0.722. The van der Waals surface area contributed by atoms with Crippen LogP contribution in [0.1, 0.15) is 23.9 Å². The Balaban J connectivity index is 2.13. The first-order valence-electron chi connectivity index (χ1n) is 5.67. The summed E-state index contributed by atoms with van der Waals surface area (Å²) in [5.74, 6) is 5.36. The van der Waals surface area contributed by atoms with Gasteiger partial charge >= 0.3 is 0 Å². The van der Waals surface area contributed by atoms with E-state index in [0.717, 1.165) is 29.9 Å². The van der Waals surface area contributed by atoms with Crippen molar-refractivity contribution in [3.05, 3.63) is 53.6 Å². The van der Waals surface area contributed by atoms with Crippen molar-refractivity contribution >= 4 is 5.69 Å². The van der Waals surface area contributed by atoms with Gasteiger partial charge in [0.2, 0.25) is 0 Å². The Hall–Kier alpha value is -1.94. The number of hydrazine groups is 1. The lowest BCUT2D eigenvalue weighted by atomic mass is 10.1. The fourth-order valence-corrected chi connectivity index (χ4v) is 1.62. The molecule has 0 aliphatic heterocycles. The van der Waals surface area contributed by atoms with Gasteiger partial charge in [0.05, 0.1) is 5.69 Å². The molecule has 2 aromatic rings. The van der Waals surface area contributed by atoms with Gasteiger partial charge < -0.3 is 5.43 Å². The molecule has 0 fully saturated rings. The van der Waals surface area contributed by atoms with Gasteiger partial charge in [-0.05, 0) is 30.2 Å². The fourth-order valence-electron chi connectivity index (χ4n) is 1.62. The molecule has 0 spiro atoms. The number of nitrogens with one attached hydrogen (secondary N) is 1. The molecule has 17 heavy (non-hydrogen) atoms. The number of hydrogen-bond donors (Lipinski definition) is 2. The first kappa shape index (κ1) is 11.5. The number of hydrogen-bond acceptors (Lipinski definition) is 4. The first-order valence-corrected chi connectivity index (χ1v) is 5.67. The smallest absolute Gasteiger partial charge is 0.0518 e. The van der Waals surface area contributed by atoms with Crippen LogP contribution >= 0.6 is 0 Å². The van der Waals surface area contributed by atoms with E-state index in [-0.39, 0.29) is 0 Å². The molecule has 4 heteroatoms. The van der Waals surface area contributed by atoms with E-state index in [0.29, 0.717) is 0 Å². The molecule has 0 aliphatic carbocycles. The standard InChI is InChI=1S/C13H16N4/c1-2-10-3-4-11(16-9-10)7-13-8-12(17-14)5-6-15-13/h3-6,8-9H,2,7,14H2,1H3,(H,15,17). The van der Waals surface area contributed by atoms with Crippen LogP contribution in [0.3, 0.4) is 0 Å². The van der Waals surface area contributed by atoms with Crippen LogP contribution in [0, 0.1) is 0 Å². The lowest BCUT2D eigenvalue weighted by Crippen LogP contribution is -2.07. The maximum absolute atomic E-state index is 5.36. The molecular weight excluding hydrogens is 212 g/mol. The summed E-state index contributed by atoms with van der Waals surface area (Å²) in [5.41, 5.74) is 6.69. The summed E-state index contributed by atoms with van der Waals surface area (Å²) in [4.78, 5) is 8.70. The lowest BCUT2D eigenvalue weighted by Gasteiger charge is -2.04. The lowest BCUT2D eigenvalue weighted by molar-refractivity contribution is 0.991. The number of aromatic nitrogens is 2. The average molecular weight is 228 g/mol. The van der Waals surface area contributed by atoms with Gasteiger partial charge in [-0.2, -0.15) is 0 Å². The molecular formula is C13H16N4. The Morgan fingerprint density at radius 3 is 2.71 bits per heavy atom. The zero-order valence-electron chi connectivity index (χ0n) is 9.85. The second kappa shape index (κ2) is 5.41. The van der Waals surface area contributed by atoms with Crippen LogP contribution in [0.5, 0.6) is 0 Å². The number of nitrogens with zero attached hydrogens (tertiary/aromatic N) is 2. The number of nitrogen functional groups attached to an aromatic ring is 1. The summed E-state index contributed by atoms with van der Waals surface area (Å²) in [6, 6.07) is 7.91. The highest BCUT2D eigenvalue weighted by molar-refractivity contribution is 5.42. The van der Waals surface area contributed by atoms with Crippen molar-refractivity contribution < 1.29 is 0 Å². The molecule has 2 aromatic heterocycles. The number of rotatable bonds is 4. The van der Waals surface area contributed by atoms with Gasteiger partial charge in [-0.1, -0.05) is 13.0 Å². The van der Waals surface area contributed by atoms with Crippen molar-refractivity contribution in [3.63, 3.8) is 0 Å². The van der Waals surface area contributed by atoms with Crippen molar-refractivity contribution in [2.45, 2.75) is 19.8 Å². The highest BCUT2D eigenvalue weighted by Crippen LogP contribution is 2.10. The van der Waals surface area contributed by atoms with Crippen LogP contribution in [0.25, 0.3) is 0 Å². The Labute approximate surface area is 101 Å². The highest BCUT2D eigenvalue weighted by Gasteiger charge is 2.00. The molecule has 2 heterocycles. The quantitative estimate of drug-likeness (QED) is 0.620. The summed E-state index contributed by atoms with van der Waals surface area (Å²) < 4.78 is 0. The van der Waals surface area contributed by atoms with Crippen LogP contribution < -0.4 is 11.3 Å². The maximum atomic E-state index is 5.36. The summed E-state index contributed by atoms with van der Waals surface area (Å²) in [6.07, 6.45) is 5.39. The molecule has 0 aromatic carbocycles. The summed E-state index contributed by atoms with van der Waals surface area (Å²) in [7, 11) is 0. The average Bonchev–Trinajstić information content (AvgIpc) is 2.40. The van der Waals surface area contributed by atoms with Gasteiger partial charge in [-0.3, -0.25) is 15.8 Å². The third kappa shape index (κ3) is 3.01. The molecule has 0 saturated heterocycles. The third-order valence-electron chi connectivity index (χ3n) is 2.64. The van der Waals surface area contributed by atoms with Crippen molar-refractivity contribution in [3.8, 4) is 0 Å². The van der Waals surface area contributed by atoms with Crippen LogP contribution in [-0.4, -0.2) is 9.97 Å². The van der Waals surface area contributed by atoms with Crippen LogP contribution in [0.15, 0.2) is 36.7 Å². The molecule has 0 unspecified atom stereocenters. The predicted octanol–water partition coefficient (Wildman–Crippen LogP) is 1.92.